The molecule has 0 bridgehead atoms. The van der Waals surface area contributed by atoms with Gasteiger partial charge in [0.15, 0.2) is 5.78 Å². The summed E-state index contributed by atoms with van der Waals surface area (Å²) in [6.07, 6.45) is 2.99. The zero-order chi connectivity index (χ0) is 12.8. The highest BCUT2D eigenvalue weighted by atomic mass is 16.3. The lowest BCUT2D eigenvalue weighted by molar-refractivity contribution is -0.115. The molecule has 3 atom stereocenters. The molecule has 0 heterocycles. The van der Waals surface area contributed by atoms with Gasteiger partial charge in [-0.05, 0) is 57.4 Å². The number of hydrogen-bond acceptors (Lipinski definition) is 2. The predicted octanol–water partition coefficient (Wildman–Crippen LogP) is 3.02. The molecule has 0 spiro atoms. The molecule has 0 saturated heterocycles. The van der Waals surface area contributed by atoms with Gasteiger partial charge in [-0.1, -0.05) is 17.7 Å². The lowest BCUT2D eigenvalue weighted by Gasteiger charge is -2.29. The van der Waals surface area contributed by atoms with Crippen molar-refractivity contribution in [3.8, 4) is 0 Å². The first kappa shape index (κ1) is 12.6. The van der Waals surface area contributed by atoms with Crippen LogP contribution in [0.1, 0.15) is 46.5 Å². The normalized spacial score (nSPS) is 38.0. The zero-order valence-corrected chi connectivity index (χ0v) is 11.0. The summed E-state index contributed by atoms with van der Waals surface area (Å²) in [6.45, 7) is 9.95. The van der Waals surface area contributed by atoms with E-state index in [0.717, 1.165) is 36.0 Å². The fourth-order valence-electron chi connectivity index (χ4n) is 3.38. The van der Waals surface area contributed by atoms with Gasteiger partial charge >= 0.3 is 0 Å². The maximum Gasteiger partial charge on any atom is 0.162 e. The van der Waals surface area contributed by atoms with Crippen LogP contribution in [-0.2, 0) is 4.79 Å². The summed E-state index contributed by atoms with van der Waals surface area (Å²) in [5, 5.41) is 10.4. The number of hydrogen-bond donors (Lipinski definition) is 1. The summed E-state index contributed by atoms with van der Waals surface area (Å²) < 4.78 is 0. The highest BCUT2D eigenvalue weighted by Gasteiger charge is 2.47. The number of carbonyl (C=O) groups excluding carboxylic acids is 1. The standard InChI is InChI=1S/C15H22O2/c1-9(2)12-8-13-11(5-6-15(13,4)17)10(3)7-14(12)16/h11,13,17H,3,5-8H2,1-2,4H3/t11?,13?,15-/m0/s1. The van der Waals surface area contributed by atoms with Crippen molar-refractivity contribution < 1.29 is 9.90 Å². The number of aliphatic hydroxyl groups is 1. The summed E-state index contributed by atoms with van der Waals surface area (Å²) in [6, 6.07) is 0. The lowest BCUT2D eigenvalue weighted by Crippen LogP contribution is -2.32. The van der Waals surface area contributed by atoms with Gasteiger partial charge in [0.25, 0.3) is 0 Å². The Bertz CT molecular complexity index is 397. The van der Waals surface area contributed by atoms with Crippen LogP contribution in [0.4, 0.5) is 0 Å². The third kappa shape index (κ3) is 2.11. The first-order valence-corrected chi connectivity index (χ1v) is 6.42. The Morgan fingerprint density at radius 3 is 2.71 bits per heavy atom. The highest BCUT2D eigenvalue weighted by Crippen LogP contribution is 2.49. The Labute approximate surface area is 103 Å². The number of allylic oxidation sites excluding steroid dienone is 3. The molecule has 2 unspecified atom stereocenters. The summed E-state index contributed by atoms with van der Waals surface area (Å²) in [5.41, 5.74) is 2.39. The van der Waals surface area contributed by atoms with Crippen LogP contribution in [0.25, 0.3) is 0 Å². The Hall–Kier alpha value is -0.890. The molecule has 0 amide bonds. The molecular weight excluding hydrogens is 212 g/mol. The number of fused-ring (bicyclic) bond motifs is 1. The number of Topliss-reactive ketones (excluding diaryl/α,β-unsaturated/α-hetero) is 1. The molecule has 2 nitrogen and oxygen atoms in total. The van der Waals surface area contributed by atoms with Crippen molar-refractivity contribution in [3.63, 3.8) is 0 Å². The molecule has 0 aromatic rings. The molecule has 0 aromatic carbocycles. The van der Waals surface area contributed by atoms with Gasteiger partial charge in [0.1, 0.15) is 0 Å². The number of rotatable bonds is 0. The smallest absolute Gasteiger partial charge is 0.162 e. The molecule has 94 valence electrons. The van der Waals surface area contributed by atoms with Crippen molar-refractivity contribution in [3.05, 3.63) is 23.3 Å². The fourth-order valence-corrected chi connectivity index (χ4v) is 3.38. The van der Waals surface area contributed by atoms with E-state index in [0.29, 0.717) is 12.3 Å². The van der Waals surface area contributed by atoms with Gasteiger partial charge in [-0.3, -0.25) is 4.79 Å². The molecule has 2 saturated carbocycles. The molecule has 2 aliphatic carbocycles. The van der Waals surface area contributed by atoms with Crippen molar-refractivity contribution in [2.75, 3.05) is 0 Å². The fraction of sp³-hybridized carbons (Fsp3) is 0.667. The SMILES string of the molecule is C=C1CC(=O)C(=C(C)C)CC2C1CC[C@]2(C)O. The van der Waals surface area contributed by atoms with Crippen LogP contribution in [0.15, 0.2) is 23.3 Å². The van der Waals surface area contributed by atoms with Gasteiger partial charge in [0.2, 0.25) is 0 Å². The van der Waals surface area contributed by atoms with E-state index in [4.69, 9.17) is 0 Å². The van der Waals surface area contributed by atoms with Crippen molar-refractivity contribution in [2.24, 2.45) is 11.8 Å². The number of carbonyl (C=O) groups is 1. The van der Waals surface area contributed by atoms with E-state index in [-0.39, 0.29) is 11.7 Å². The van der Waals surface area contributed by atoms with Crippen molar-refractivity contribution in [1.82, 2.24) is 0 Å². The average Bonchev–Trinajstić information content (AvgIpc) is 2.41. The van der Waals surface area contributed by atoms with E-state index in [2.05, 4.69) is 6.58 Å². The summed E-state index contributed by atoms with van der Waals surface area (Å²) in [5.74, 6) is 0.706. The van der Waals surface area contributed by atoms with Gasteiger partial charge in [0, 0.05) is 6.42 Å². The van der Waals surface area contributed by atoms with Crippen LogP contribution in [0, 0.1) is 11.8 Å². The molecule has 2 aliphatic rings. The maximum absolute atomic E-state index is 12.1. The topological polar surface area (TPSA) is 37.3 Å². The van der Waals surface area contributed by atoms with E-state index >= 15 is 0 Å². The Balaban J connectivity index is 2.40. The molecule has 2 fully saturated rings. The number of ketones is 1. The van der Waals surface area contributed by atoms with Gasteiger partial charge in [-0.15, -0.1) is 0 Å². The first-order chi connectivity index (χ1) is 7.83. The minimum Gasteiger partial charge on any atom is -0.390 e. The van der Waals surface area contributed by atoms with E-state index in [9.17, 15) is 9.90 Å². The van der Waals surface area contributed by atoms with E-state index in [1.807, 2.05) is 20.8 Å². The van der Waals surface area contributed by atoms with Crippen molar-refractivity contribution in [2.45, 2.75) is 52.1 Å². The average molecular weight is 234 g/mol. The molecule has 0 aromatic heterocycles. The minimum atomic E-state index is -0.640. The molecule has 2 heteroatoms. The molecular formula is C15H22O2. The quantitative estimate of drug-likeness (QED) is 0.517. The minimum absolute atomic E-state index is 0.173. The summed E-state index contributed by atoms with van der Waals surface area (Å²) in [4.78, 5) is 12.1. The van der Waals surface area contributed by atoms with Gasteiger partial charge in [-0.25, -0.2) is 0 Å². The largest absolute Gasteiger partial charge is 0.390 e. The van der Waals surface area contributed by atoms with Crippen LogP contribution >= 0.6 is 0 Å². The Kier molecular flexibility index (Phi) is 3.03. The molecule has 0 radical (unpaired) electrons. The Morgan fingerprint density at radius 2 is 2.12 bits per heavy atom. The van der Waals surface area contributed by atoms with Crippen LogP contribution in [0.2, 0.25) is 0 Å². The predicted molar refractivity (Wildman–Crippen MR) is 68.6 cm³/mol. The molecule has 1 N–H and O–H groups in total. The van der Waals surface area contributed by atoms with E-state index in [1.165, 1.54) is 0 Å². The van der Waals surface area contributed by atoms with E-state index < -0.39 is 5.60 Å². The third-order valence-electron chi connectivity index (χ3n) is 4.52. The monoisotopic (exact) mass is 234 g/mol. The van der Waals surface area contributed by atoms with Crippen LogP contribution < -0.4 is 0 Å². The highest BCUT2D eigenvalue weighted by molar-refractivity contribution is 5.98. The van der Waals surface area contributed by atoms with Crippen LogP contribution in [0.5, 0.6) is 0 Å². The van der Waals surface area contributed by atoms with E-state index in [1.54, 1.807) is 0 Å². The van der Waals surface area contributed by atoms with Crippen molar-refractivity contribution >= 4 is 5.78 Å². The second-order valence-electron chi connectivity index (χ2n) is 6.05. The lowest BCUT2D eigenvalue weighted by atomic mass is 9.81. The molecule has 2 rings (SSSR count). The first-order valence-electron chi connectivity index (χ1n) is 6.42. The molecule has 0 aliphatic heterocycles. The second-order valence-corrected chi connectivity index (χ2v) is 6.05. The maximum atomic E-state index is 12.1. The van der Waals surface area contributed by atoms with Gasteiger partial charge in [-0.2, -0.15) is 0 Å². The van der Waals surface area contributed by atoms with Crippen LogP contribution in [0.3, 0.4) is 0 Å². The van der Waals surface area contributed by atoms with Gasteiger partial charge in [0.05, 0.1) is 5.60 Å². The van der Waals surface area contributed by atoms with Gasteiger partial charge < -0.3 is 5.11 Å². The summed E-state index contributed by atoms with van der Waals surface area (Å²) in [7, 11) is 0. The summed E-state index contributed by atoms with van der Waals surface area (Å²) >= 11 is 0. The van der Waals surface area contributed by atoms with Crippen LogP contribution in [-0.4, -0.2) is 16.5 Å². The van der Waals surface area contributed by atoms with Crippen molar-refractivity contribution in [1.29, 1.82) is 0 Å². The second kappa shape index (κ2) is 4.09. The molecule has 17 heavy (non-hydrogen) atoms. The zero-order valence-electron chi connectivity index (χ0n) is 11.0. The Morgan fingerprint density at radius 1 is 1.47 bits per heavy atom. The third-order valence-corrected chi connectivity index (χ3v) is 4.52.